The zero-order valence-electron chi connectivity index (χ0n) is 11.3. The smallest absolute Gasteiger partial charge is 0.414 e. The third-order valence-corrected chi connectivity index (χ3v) is 2.97. The Kier molecular flexibility index (Phi) is 4.71. The highest BCUT2D eigenvalue weighted by atomic mass is 19.4. The Balaban J connectivity index is 2.47. The molecule has 0 aliphatic carbocycles. The van der Waals surface area contributed by atoms with Crippen LogP contribution in [0.2, 0.25) is 0 Å². The van der Waals surface area contributed by atoms with Gasteiger partial charge in [-0.3, -0.25) is 0 Å². The summed E-state index contributed by atoms with van der Waals surface area (Å²) in [5, 5.41) is 9.16. The second-order valence-corrected chi connectivity index (χ2v) is 5.79. The van der Waals surface area contributed by atoms with Gasteiger partial charge in [0.25, 0.3) is 0 Å². The number of aliphatic hydroxyl groups is 1. The Morgan fingerprint density at radius 2 is 1.74 bits per heavy atom. The highest BCUT2D eigenvalue weighted by Gasteiger charge is 2.44. The molecule has 1 heterocycles. The van der Waals surface area contributed by atoms with Crippen LogP contribution >= 0.6 is 0 Å². The normalized spacial score (nSPS) is 20.3. The number of ether oxygens (including phenoxy) is 1. The molecule has 1 saturated heterocycles. The molecule has 7 heteroatoms. The van der Waals surface area contributed by atoms with Crippen molar-refractivity contribution in [3.8, 4) is 0 Å². The van der Waals surface area contributed by atoms with Crippen LogP contribution in [0.15, 0.2) is 0 Å². The maximum absolute atomic E-state index is 12.4. The Bertz CT molecular complexity index is 317. The van der Waals surface area contributed by atoms with Gasteiger partial charge in [-0.05, 0) is 39.5 Å². The molecule has 0 saturated carbocycles. The topological polar surface area (TPSA) is 49.8 Å². The summed E-state index contributed by atoms with van der Waals surface area (Å²) in [7, 11) is 0. The van der Waals surface area contributed by atoms with Crippen molar-refractivity contribution in [1.29, 1.82) is 0 Å². The van der Waals surface area contributed by atoms with Gasteiger partial charge in [-0.15, -0.1) is 0 Å². The Morgan fingerprint density at radius 1 is 1.26 bits per heavy atom. The summed E-state index contributed by atoms with van der Waals surface area (Å²) in [4.78, 5) is 13.1. The lowest BCUT2D eigenvalue weighted by atomic mass is 9.91. The molecule has 112 valence electrons. The first-order valence-corrected chi connectivity index (χ1v) is 6.23. The van der Waals surface area contributed by atoms with E-state index in [0.29, 0.717) is 0 Å². The summed E-state index contributed by atoms with van der Waals surface area (Å²) in [6.45, 7) is 5.53. The first-order chi connectivity index (χ1) is 8.50. The summed E-state index contributed by atoms with van der Waals surface area (Å²) in [5.41, 5.74) is -0.626. The van der Waals surface area contributed by atoms with Gasteiger partial charge in [-0.2, -0.15) is 13.2 Å². The number of carbonyl (C=O) groups is 1. The first-order valence-electron chi connectivity index (χ1n) is 6.23. The summed E-state index contributed by atoms with van der Waals surface area (Å²) >= 11 is 0. The number of alkyl halides is 3. The van der Waals surface area contributed by atoms with Gasteiger partial charge < -0.3 is 14.7 Å². The Morgan fingerprint density at radius 3 is 2.11 bits per heavy atom. The lowest BCUT2D eigenvalue weighted by Gasteiger charge is -2.35. The second kappa shape index (κ2) is 5.56. The third-order valence-electron chi connectivity index (χ3n) is 2.97. The molecule has 1 fully saturated rings. The van der Waals surface area contributed by atoms with Crippen LogP contribution in [-0.4, -0.2) is 47.1 Å². The lowest BCUT2D eigenvalue weighted by molar-refractivity contribution is -0.222. The quantitative estimate of drug-likeness (QED) is 0.804. The van der Waals surface area contributed by atoms with E-state index >= 15 is 0 Å². The number of carbonyl (C=O) groups excluding carboxylic acids is 1. The highest BCUT2D eigenvalue weighted by molar-refractivity contribution is 5.68. The Labute approximate surface area is 110 Å². The average molecular weight is 283 g/mol. The molecule has 0 spiro atoms. The van der Waals surface area contributed by atoms with Crippen LogP contribution in [0.25, 0.3) is 0 Å². The van der Waals surface area contributed by atoms with Crippen LogP contribution in [0.5, 0.6) is 0 Å². The zero-order valence-corrected chi connectivity index (χ0v) is 11.3. The van der Waals surface area contributed by atoms with E-state index in [0.717, 1.165) is 0 Å². The molecule has 0 radical (unpaired) electrons. The largest absolute Gasteiger partial charge is 0.444 e. The summed E-state index contributed by atoms with van der Waals surface area (Å²) in [5.74, 6) is -0.848. The number of halogens is 3. The van der Waals surface area contributed by atoms with Gasteiger partial charge in [0.1, 0.15) is 5.60 Å². The minimum atomic E-state index is -4.60. The summed E-state index contributed by atoms with van der Waals surface area (Å²) < 4.78 is 42.2. The van der Waals surface area contributed by atoms with E-state index in [4.69, 9.17) is 9.84 Å². The molecule has 1 aliphatic heterocycles. The second-order valence-electron chi connectivity index (χ2n) is 5.79. The molecule has 0 bridgehead atoms. The highest BCUT2D eigenvalue weighted by Crippen LogP contribution is 2.31. The van der Waals surface area contributed by atoms with E-state index in [1.54, 1.807) is 20.8 Å². The van der Waals surface area contributed by atoms with E-state index in [-0.39, 0.29) is 25.9 Å². The van der Waals surface area contributed by atoms with E-state index in [1.165, 1.54) is 4.90 Å². The fraction of sp³-hybridized carbons (Fsp3) is 0.917. The number of rotatable bonds is 1. The summed E-state index contributed by atoms with van der Waals surface area (Å²) in [6, 6.07) is 0. The van der Waals surface area contributed by atoms with Crippen LogP contribution in [-0.2, 0) is 4.74 Å². The van der Waals surface area contributed by atoms with Gasteiger partial charge in [0.05, 0.1) is 0 Å². The molecule has 0 aromatic carbocycles. The van der Waals surface area contributed by atoms with Gasteiger partial charge in [0.2, 0.25) is 0 Å². The molecule has 1 aliphatic rings. The number of amides is 1. The van der Waals surface area contributed by atoms with E-state index < -0.39 is 29.9 Å². The van der Waals surface area contributed by atoms with Crippen LogP contribution in [0.4, 0.5) is 18.0 Å². The van der Waals surface area contributed by atoms with Crippen LogP contribution in [0.3, 0.4) is 0 Å². The van der Waals surface area contributed by atoms with Gasteiger partial charge in [0, 0.05) is 13.1 Å². The van der Waals surface area contributed by atoms with Gasteiger partial charge >= 0.3 is 12.3 Å². The maximum Gasteiger partial charge on any atom is 0.414 e. The fourth-order valence-electron chi connectivity index (χ4n) is 1.99. The maximum atomic E-state index is 12.4. The third kappa shape index (κ3) is 4.89. The molecule has 0 aromatic rings. The molecular formula is C12H20F3NO3. The van der Waals surface area contributed by atoms with Crippen LogP contribution in [0.1, 0.15) is 33.6 Å². The number of aliphatic hydroxyl groups excluding tert-OH is 1. The summed E-state index contributed by atoms with van der Waals surface area (Å²) in [6.07, 6.45) is -7.18. The molecule has 1 atom stereocenters. The molecule has 1 amide bonds. The number of likely N-dealkylation sites (tertiary alicyclic amines) is 1. The van der Waals surface area contributed by atoms with Crippen molar-refractivity contribution in [2.45, 2.75) is 51.5 Å². The predicted octanol–water partition coefficient (Wildman–Crippen LogP) is 2.56. The van der Waals surface area contributed by atoms with Crippen molar-refractivity contribution < 1.29 is 27.8 Å². The van der Waals surface area contributed by atoms with Crippen LogP contribution in [0, 0.1) is 5.92 Å². The van der Waals surface area contributed by atoms with Crippen molar-refractivity contribution in [3.05, 3.63) is 0 Å². The minimum Gasteiger partial charge on any atom is -0.444 e. The lowest BCUT2D eigenvalue weighted by Crippen LogP contribution is -2.46. The zero-order chi connectivity index (χ0) is 14.8. The standard InChI is InChI=1S/C12H20F3NO3/c1-11(2,3)19-10(18)16-6-4-8(5-7-16)9(17)12(13,14)15/h8-9,17H,4-7H2,1-3H3/t9-/m1/s1. The van der Waals surface area contributed by atoms with Crippen molar-refractivity contribution in [2.75, 3.05) is 13.1 Å². The Hall–Kier alpha value is -0.980. The SMILES string of the molecule is CC(C)(C)OC(=O)N1CCC([C@@H](O)C(F)(F)F)CC1. The average Bonchev–Trinajstić information content (AvgIpc) is 2.24. The van der Waals surface area contributed by atoms with Crippen molar-refractivity contribution in [1.82, 2.24) is 4.90 Å². The van der Waals surface area contributed by atoms with Crippen molar-refractivity contribution in [3.63, 3.8) is 0 Å². The molecular weight excluding hydrogens is 263 g/mol. The number of nitrogens with zero attached hydrogens (tertiary/aromatic N) is 1. The van der Waals surface area contributed by atoms with E-state index in [1.807, 2.05) is 0 Å². The van der Waals surface area contributed by atoms with Gasteiger partial charge in [0.15, 0.2) is 6.10 Å². The van der Waals surface area contributed by atoms with Gasteiger partial charge in [-0.25, -0.2) is 4.79 Å². The molecule has 1 rings (SSSR count). The molecule has 1 N–H and O–H groups in total. The molecule has 19 heavy (non-hydrogen) atoms. The van der Waals surface area contributed by atoms with E-state index in [2.05, 4.69) is 0 Å². The monoisotopic (exact) mass is 283 g/mol. The van der Waals surface area contributed by atoms with Crippen LogP contribution < -0.4 is 0 Å². The molecule has 4 nitrogen and oxygen atoms in total. The number of piperidine rings is 1. The van der Waals surface area contributed by atoms with E-state index in [9.17, 15) is 18.0 Å². The first kappa shape index (κ1) is 16.1. The molecule has 0 unspecified atom stereocenters. The number of hydrogen-bond acceptors (Lipinski definition) is 3. The fourth-order valence-corrected chi connectivity index (χ4v) is 1.99. The number of hydrogen-bond donors (Lipinski definition) is 1. The van der Waals surface area contributed by atoms with Gasteiger partial charge in [-0.1, -0.05) is 0 Å². The predicted molar refractivity (Wildman–Crippen MR) is 62.6 cm³/mol. The van der Waals surface area contributed by atoms with Crippen molar-refractivity contribution >= 4 is 6.09 Å². The molecule has 0 aromatic heterocycles. The minimum absolute atomic E-state index is 0.125. The van der Waals surface area contributed by atoms with Crippen molar-refractivity contribution in [2.24, 2.45) is 5.92 Å².